The summed E-state index contributed by atoms with van der Waals surface area (Å²) < 4.78 is 10.5. The van der Waals surface area contributed by atoms with Gasteiger partial charge in [-0.25, -0.2) is 0 Å². The average molecular weight is 201 g/mol. The second-order valence-electron chi connectivity index (χ2n) is 3.24. The first-order valence-electron chi connectivity index (χ1n) is 4.77. The molecule has 0 amide bonds. The fraction of sp³-hybridized carbons (Fsp3) is 0.250. The summed E-state index contributed by atoms with van der Waals surface area (Å²) in [7, 11) is 0. The first-order chi connectivity index (χ1) is 7.35. The van der Waals surface area contributed by atoms with E-state index in [9.17, 15) is 0 Å². The fourth-order valence-corrected chi connectivity index (χ4v) is 1.57. The molecule has 0 spiro atoms. The summed E-state index contributed by atoms with van der Waals surface area (Å²) >= 11 is 0. The van der Waals surface area contributed by atoms with Crippen molar-refractivity contribution in [2.45, 2.75) is 13.3 Å². The number of rotatable bonds is 2. The van der Waals surface area contributed by atoms with Gasteiger partial charge in [0, 0.05) is 0 Å². The van der Waals surface area contributed by atoms with Gasteiger partial charge in [-0.05, 0) is 30.2 Å². The minimum atomic E-state index is 0.265. The predicted molar refractivity (Wildman–Crippen MR) is 56.6 cm³/mol. The van der Waals surface area contributed by atoms with Crippen LogP contribution in [0.4, 0.5) is 0 Å². The maximum atomic E-state index is 8.71. The number of fused-ring (bicyclic) bond motifs is 1. The van der Waals surface area contributed by atoms with Gasteiger partial charge in [0.15, 0.2) is 11.5 Å². The van der Waals surface area contributed by atoms with Gasteiger partial charge in [-0.15, -0.1) is 0 Å². The maximum Gasteiger partial charge on any atom is 0.231 e. The Hall–Kier alpha value is -1.95. The smallest absolute Gasteiger partial charge is 0.231 e. The molecule has 1 aromatic rings. The zero-order valence-electron chi connectivity index (χ0n) is 8.49. The first-order valence-corrected chi connectivity index (χ1v) is 4.77. The van der Waals surface area contributed by atoms with Crippen molar-refractivity contribution in [2.24, 2.45) is 0 Å². The lowest BCUT2D eigenvalue weighted by atomic mass is 10.0. The Bertz CT molecular complexity index is 444. The third-order valence-corrected chi connectivity index (χ3v) is 2.25. The van der Waals surface area contributed by atoms with Crippen molar-refractivity contribution >= 4 is 6.08 Å². The van der Waals surface area contributed by atoms with Crippen LogP contribution in [0.3, 0.4) is 0 Å². The van der Waals surface area contributed by atoms with Gasteiger partial charge >= 0.3 is 0 Å². The molecule has 0 fully saturated rings. The Morgan fingerprint density at radius 1 is 1.40 bits per heavy atom. The topological polar surface area (TPSA) is 42.2 Å². The number of benzene rings is 1. The molecule has 0 unspecified atom stereocenters. The van der Waals surface area contributed by atoms with E-state index in [1.165, 1.54) is 0 Å². The van der Waals surface area contributed by atoms with Gasteiger partial charge in [-0.2, -0.15) is 5.26 Å². The van der Waals surface area contributed by atoms with E-state index in [2.05, 4.69) is 6.07 Å². The highest BCUT2D eigenvalue weighted by atomic mass is 16.7. The van der Waals surface area contributed by atoms with Crippen molar-refractivity contribution in [3.63, 3.8) is 0 Å². The molecule has 0 N–H and O–H groups in total. The molecule has 0 bridgehead atoms. The molecule has 1 aliphatic rings. The van der Waals surface area contributed by atoms with Crippen LogP contribution in [-0.2, 0) is 6.42 Å². The zero-order chi connectivity index (χ0) is 10.7. The summed E-state index contributed by atoms with van der Waals surface area (Å²) in [6, 6.07) is 5.93. The third-order valence-electron chi connectivity index (χ3n) is 2.25. The minimum absolute atomic E-state index is 0.265. The van der Waals surface area contributed by atoms with Crippen LogP contribution in [0.25, 0.3) is 6.08 Å². The second-order valence-corrected chi connectivity index (χ2v) is 3.24. The van der Waals surface area contributed by atoms with E-state index in [1.807, 2.05) is 31.2 Å². The van der Waals surface area contributed by atoms with Gasteiger partial charge in [0.05, 0.1) is 12.5 Å². The van der Waals surface area contributed by atoms with Crippen molar-refractivity contribution in [1.29, 1.82) is 5.26 Å². The number of ether oxygens (including phenoxy) is 2. The largest absolute Gasteiger partial charge is 0.454 e. The summed E-state index contributed by atoms with van der Waals surface area (Å²) in [6.07, 6.45) is 4.29. The van der Waals surface area contributed by atoms with Gasteiger partial charge in [-0.3, -0.25) is 0 Å². The molecule has 1 aliphatic heterocycles. The van der Waals surface area contributed by atoms with E-state index < -0.39 is 0 Å². The molecule has 0 saturated carbocycles. The van der Waals surface area contributed by atoms with Crippen LogP contribution in [0.5, 0.6) is 11.5 Å². The number of nitriles is 1. The standard InChI is InChI=1S/C12H11NO2/c1-2-3-9-6-11-12(15-8-14-11)7-10(9)4-5-13/h2-3,6-7H,4,8H2,1H3/b3-2-. The number of hydrogen-bond acceptors (Lipinski definition) is 3. The van der Waals surface area contributed by atoms with Gasteiger partial charge in [0.1, 0.15) is 0 Å². The first kappa shape index (κ1) is 9.60. The van der Waals surface area contributed by atoms with E-state index in [-0.39, 0.29) is 6.79 Å². The van der Waals surface area contributed by atoms with Crippen LogP contribution in [0.15, 0.2) is 18.2 Å². The highest BCUT2D eigenvalue weighted by Crippen LogP contribution is 2.35. The highest BCUT2D eigenvalue weighted by Gasteiger charge is 2.15. The fourth-order valence-electron chi connectivity index (χ4n) is 1.57. The van der Waals surface area contributed by atoms with Gasteiger partial charge < -0.3 is 9.47 Å². The summed E-state index contributed by atoms with van der Waals surface area (Å²) in [6.45, 7) is 2.21. The molecule has 0 atom stereocenters. The molecule has 1 heterocycles. The Morgan fingerprint density at radius 3 is 2.80 bits per heavy atom. The lowest BCUT2D eigenvalue weighted by Crippen LogP contribution is -1.92. The Balaban J connectivity index is 2.47. The maximum absolute atomic E-state index is 8.71. The summed E-state index contributed by atoms with van der Waals surface area (Å²) in [5.41, 5.74) is 1.99. The average Bonchev–Trinajstić information content (AvgIpc) is 2.66. The molecule has 0 saturated heterocycles. The van der Waals surface area contributed by atoms with E-state index in [4.69, 9.17) is 14.7 Å². The van der Waals surface area contributed by atoms with Crippen LogP contribution in [0.1, 0.15) is 18.1 Å². The molecule has 0 radical (unpaired) electrons. The van der Waals surface area contributed by atoms with Crippen LogP contribution in [-0.4, -0.2) is 6.79 Å². The van der Waals surface area contributed by atoms with Crippen molar-refractivity contribution < 1.29 is 9.47 Å². The van der Waals surface area contributed by atoms with E-state index in [0.29, 0.717) is 6.42 Å². The Morgan fingerprint density at radius 2 is 2.13 bits per heavy atom. The van der Waals surface area contributed by atoms with Crippen molar-refractivity contribution in [3.8, 4) is 17.6 Å². The lowest BCUT2D eigenvalue weighted by Gasteiger charge is -2.04. The molecule has 3 heteroatoms. The molecule has 0 aromatic heterocycles. The van der Waals surface area contributed by atoms with Crippen molar-refractivity contribution in [2.75, 3.05) is 6.79 Å². The van der Waals surface area contributed by atoms with E-state index >= 15 is 0 Å². The monoisotopic (exact) mass is 201 g/mol. The Kier molecular flexibility index (Phi) is 2.59. The summed E-state index contributed by atoms with van der Waals surface area (Å²) in [4.78, 5) is 0. The molecular weight excluding hydrogens is 190 g/mol. The van der Waals surface area contributed by atoms with Gasteiger partial charge in [0.25, 0.3) is 0 Å². The van der Waals surface area contributed by atoms with Crippen molar-refractivity contribution in [1.82, 2.24) is 0 Å². The van der Waals surface area contributed by atoms with E-state index in [0.717, 1.165) is 22.6 Å². The van der Waals surface area contributed by atoms with Crippen LogP contribution in [0.2, 0.25) is 0 Å². The molecule has 76 valence electrons. The van der Waals surface area contributed by atoms with Crippen LogP contribution < -0.4 is 9.47 Å². The molecule has 2 rings (SSSR count). The number of nitrogens with zero attached hydrogens (tertiary/aromatic N) is 1. The number of allylic oxidation sites excluding steroid dienone is 1. The molecule has 3 nitrogen and oxygen atoms in total. The normalized spacial score (nSPS) is 13.1. The number of hydrogen-bond donors (Lipinski definition) is 0. The SMILES string of the molecule is C/C=C\c1cc2c(cc1CC#N)OCO2. The van der Waals surface area contributed by atoms with Crippen LogP contribution in [0, 0.1) is 11.3 Å². The Labute approximate surface area is 88.5 Å². The van der Waals surface area contributed by atoms with Crippen LogP contribution >= 0.6 is 0 Å². The molecule has 1 aromatic carbocycles. The highest BCUT2D eigenvalue weighted by molar-refractivity contribution is 5.61. The van der Waals surface area contributed by atoms with Gasteiger partial charge in [0.2, 0.25) is 6.79 Å². The summed E-state index contributed by atoms with van der Waals surface area (Å²) in [5, 5.41) is 8.71. The zero-order valence-corrected chi connectivity index (χ0v) is 8.49. The quantitative estimate of drug-likeness (QED) is 0.738. The van der Waals surface area contributed by atoms with E-state index in [1.54, 1.807) is 0 Å². The summed E-state index contributed by atoms with van der Waals surface area (Å²) in [5.74, 6) is 1.48. The minimum Gasteiger partial charge on any atom is -0.454 e. The molecule has 15 heavy (non-hydrogen) atoms. The third kappa shape index (κ3) is 1.79. The van der Waals surface area contributed by atoms with Crippen molar-refractivity contribution in [3.05, 3.63) is 29.3 Å². The second kappa shape index (κ2) is 4.05. The molecule has 0 aliphatic carbocycles. The lowest BCUT2D eigenvalue weighted by molar-refractivity contribution is 0.174. The van der Waals surface area contributed by atoms with Gasteiger partial charge in [-0.1, -0.05) is 12.2 Å². The molecular formula is C12H11NO2. The predicted octanol–water partition coefficient (Wildman–Crippen LogP) is 2.51.